The number of pyridine rings is 1. The number of H-pyrrole nitrogens is 1. The first-order valence-electron chi connectivity index (χ1n) is 21.9. The Kier molecular flexibility index (Phi) is 14.2. The number of rotatable bonds is 17. The number of aromatic amines is 1. The summed E-state index contributed by atoms with van der Waals surface area (Å²) in [6.45, 7) is 3.50. The van der Waals surface area contributed by atoms with E-state index in [1.807, 2.05) is 18.2 Å². The maximum atomic E-state index is 14.0. The number of hydrogen-bond acceptors (Lipinski definition) is 12. The first kappa shape index (κ1) is 45.3. The number of phenols is 1. The average molecular weight is 889 g/mol. The van der Waals surface area contributed by atoms with Crippen LogP contribution in [0.15, 0.2) is 145 Å². The number of aliphatic hydroxyl groups excluding tert-OH is 1. The number of likely N-dealkylation sites (tertiary alicyclic amines) is 1. The standard InChI is InChI=1S/C52H52N6O8/c1-65-47-26-37(15-16-38(47)27-53-31-46(60)42-17-19-45(59)49-43(42)18-20-48(61)57-49)50(62)56-29-41-28-55-44(30-54-41)36-11-8-14-40(25-36)52(64,39-12-6-3-7-13-39)51(63)66-33-35-21-23-58(24-22-35)32-34-9-4-2-5-10-34/h2-20,25-26,28,30,35,46,53,59-60,64H,21-24,27,29,31-33H2,1H3,(H,56,62)(H,57,61)/t46-,52?/m0/s1. The highest BCUT2D eigenvalue weighted by Crippen LogP contribution is 2.34. The molecule has 1 aliphatic rings. The lowest BCUT2D eigenvalue weighted by atomic mass is 9.85. The monoisotopic (exact) mass is 888 g/mol. The predicted molar refractivity (Wildman–Crippen MR) is 249 cm³/mol. The highest BCUT2D eigenvalue weighted by atomic mass is 16.5. The molecule has 66 heavy (non-hydrogen) atoms. The molecule has 1 aliphatic heterocycles. The molecule has 14 heteroatoms. The Morgan fingerprint density at radius 1 is 0.864 bits per heavy atom. The second-order valence-electron chi connectivity index (χ2n) is 16.5. The molecule has 6 N–H and O–H groups in total. The van der Waals surface area contributed by atoms with Crippen molar-refractivity contribution in [3.63, 3.8) is 0 Å². The highest BCUT2D eigenvalue weighted by molar-refractivity contribution is 5.94. The van der Waals surface area contributed by atoms with Crippen LogP contribution in [0.25, 0.3) is 22.2 Å². The van der Waals surface area contributed by atoms with Gasteiger partial charge in [0.1, 0.15) is 11.5 Å². The third-order valence-electron chi connectivity index (χ3n) is 12.1. The Hall–Kier alpha value is -7.23. The smallest absolute Gasteiger partial charge is 0.347 e. The molecule has 2 atom stereocenters. The summed E-state index contributed by atoms with van der Waals surface area (Å²) < 4.78 is 11.5. The molecule has 2 aromatic heterocycles. The molecule has 0 bridgehead atoms. The number of aromatic nitrogens is 3. The molecule has 5 aromatic carbocycles. The molecule has 338 valence electrons. The summed E-state index contributed by atoms with van der Waals surface area (Å²) in [5.41, 5.74) is 3.15. The molecule has 14 nitrogen and oxygen atoms in total. The fourth-order valence-corrected chi connectivity index (χ4v) is 8.34. The summed E-state index contributed by atoms with van der Waals surface area (Å²) in [5.74, 6) is -0.507. The first-order chi connectivity index (χ1) is 32.1. The van der Waals surface area contributed by atoms with Crippen LogP contribution in [0.2, 0.25) is 0 Å². The van der Waals surface area contributed by atoms with Gasteiger partial charge < -0.3 is 40.4 Å². The quantitative estimate of drug-likeness (QED) is 0.0572. The summed E-state index contributed by atoms with van der Waals surface area (Å²) in [7, 11) is 1.51. The van der Waals surface area contributed by atoms with Crippen LogP contribution < -0.4 is 20.9 Å². The van der Waals surface area contributed by atoms with Crippen molar-refractivity contribution in [1.29, 1.82) is 0 Å². The van der Waals surface area contributed by atoms with Gasteiger partial charge in [0.25, 0.3) is 5.91 Å². The van der Waals surface area contributed by atoms with E-state index in [-0.39, 0.29) is 48.3 Å². The van der Waals surface area contributed by atoms with Gasteiger partial charge in [-0.1, -0.05) is 91.0 Å². The van der Waals surface area contributed by atoms with Crippen LogP contribution in [0.5, 0.6) is 11.5 Å². The van der Waals surface area contributed by atoms with E-state index in [2.05, 4.69) is 54.8 Å². The minimum atomic E-state index is -2.07. The van der Waals surface area contributed by atoms with Gasteiger partial charge in [-0.25, -0.2) is 4.79 Å². The molecule has 0 spiro atoms. The van der Waals surface area contributed by atoms with Crippen LogP contribution >= 0.6 is 0 Å². The molecular formula is C52H52N6O8. The van der Waals surface area contributed by atoms with Crippen molar-refractivity contribution in [2.75, 3.05) is 33.4 Å². The van der Waals surface area contributed by atoms with Crippen LogP contribution in [0.4, 0.5) is 0 Å². The second-order valence-corrected chi connectivity index (χ2v) is 16.5. The number of esters is 1. The van der Waals surface area contributed by atoms with E-state index < -0.39 is 17.7 Å². The molecule has 3 heterocycles. The molecule has 1 fully saturated rings. The van der Waals surface area contributed by atoms with Crippen molar-refractivity contribution >= 4 is 22.8 Å². The molecule has 0 radical (unpaired) electrons. The minimum absolute atomic E-state index is 0.0856. The van der Waals surface area contributed by atoms with Crippen LogP contribution in [0.3, 0.4) is 0 Å². The van der Waals surface area contributed by atoms with Crippen molar-refractivity contribution in [2.24, 2.45) is 5.92 Å². The number of carbonyl (C=O) groups excluding carboxylic acids is 2. The molecule has 0 saturated carbocycles. The summed E-state index contributed by atoms with van der Waals surface area (Å²) in [6.07, 6.45) is 3.98. The fourth-order valence-electron chi connectivity index (χ4n) is 8.34. The van der Waals surface area contributed by atoms with E-state index in [1.54, 1.807) is 85.2 Å². The average Bonchev–Trinajstić information content (AvgIpc) is 3.36. The van der Waals surface area contributed by atoms with Gasteiger partial charge in [0, 0.05) is 53.3 Å². The number of ether oxygens (including phenoxy) is 2. The zero-order valence-corrected chi connectivity index (χ0v) is 36.5. The SMILES string of the molecule is COc1cc(C(=O)NCc2cnc(-c3cccc(C(O)(C(=O)OCC4CCN(Cc5ccccc5)CC4)c4ccccc4)c3)cn2)ccc1CNC[C@H](O)c1ccc(O)c2[nH]c(=O)ccc12. The highest BCUT2D eigenvalue weighted by Gasteiger charge is 2.42. The van der Waals surface area contributed by atoms with Gasteiger partial charge in [0.05, 0.1) is 55.7 Å². The molecule has 1 amide bonds. The summed E-state index contributed by atoms with van der Waals surface area (Å²) >= 11 is 0. The Morgan fingerprint density at radius 3 is 2.36 bits per heavy atom. The number of aliphatic hydroxyl groups is 2. The number of methoxy groups -OCH3 is 1. The molecule has 0 aliphatic carbocycles. The topological polar surface area (TPSA) is 199 Å². The minimum Gasteiger partial charge on any atom is -0.506 e. The third kappa shape index (κ3) is 10.5. The van der Waals surface area contributed by atoms with E-state index in [0.29, 0.717) is 56.9 Å². The lowest BCUT2D eigenvalue weighted by molar-refractivity contribution is -0.164. The third-order valence-corrected chi connectivity index (χ3v) is 12.1. The van der Waals surface area contributed by atoms with E-state index in [1.165, 1.54) is 24.8 Å². The summed E-state index contributed by atoms with van der Waals surface area (Å²) in [6, 6.07) is 37.2. The zero-order valence-electron chi connectivity index (χ0n) is 36.5. The molecule has 7 aromatic rings. The van der Waals surface area contributed by atoms with Crippen molar-refractivity contribution in [1.82, 2.24) is 30.5 Å². The lowest BCUT2D eigenvalue weighted by Gasteiger charge is -2.33. The van der Waals surface area contributed by atoms with Crippen LogP contribution in [0.1, 0.15) is 62.8 Å². The zero-order chi connectivity index (χ0) is 46.0. The van der Waals surface area contributed by atoms with Crippen molar-refractivity contribution in [3.05, 3.63) is 189 Å². The molecular weight excluding hydrogens is 837 g/mol. The van der Waals surface area contributed by atoms with E-state index >= 15 is 0 Å². The van der Waals surface area contributed by atoms with E-state index in [9.17, 15) is 29.7 Å². The van der Waals surface area contributed by atoms with E-state index in [4.69, 9.17) is 9.47 Å². The number of piperidine rings is 1. The number of aromatic hydroxyl groups is 1. The maximum Gasteiger partial charge on any atom is 0.347 e. The summed E-state index contributed by atoms with van der Waals surface area (Å²) in [4.78, 5) is 53.2. The lowest BCUT2D eigenvalue weighted by Crippen LogP contribution is -2.40. The largest absolute Gasteiger partial charge is 0.506 e. The number of carbonyl (C=O) groups is 2. The predicted octanol–water partition coefficient (Wildman–Crippen LogP) is 6.14. The normalized spacial score (nSPS) is 14.6. The number of nitrogens with one attached hydrogen (secondary N) is 3. The van der Waals surface area contributed by atoms with Crippen molar-refractivity contribution < 1.29 is 34.4 Å². The number of fused-ring (bicyclic) bond motifs is 1. The van der Waals surface area contributed by atoms with Crippen LogP contribution in [-0.2, 0) is 34.8 Å². The Morgan fingerprint density at radius 2 is 1.62 bits per heavy atom. The maximum absolute atomic E-state index is 14.0. The van der Waals surface area contributed by atoms with Crippen molar-refractivity contribution in [2.45, 2.75) is 44.2 Å². The molecule has 1 unspecified atom stereocenters. The van der Waals surface area contributed by atoms with Gasteiger partial charge in [0.2, 0.25) is 11.2 Å². The van der Waals surface area contributed by atoms with Gasteiger partial charge >= 0.3 is 5.97 Å². The van der Waals surface area contributed by atoms with E-state index in [0.717, 1.165) is 38.0 Å². The van der Waals surface area contributed by atoms with Gasteiger partial charge in [0.15, 0.2) is 0 Å². The fraction of sp³-hybridized carbons (Fsp3) is 0.250. The number of benzene rings is 5. The van der Waals surface area contributed by atoms with Gasteiger partial charge in [-0.2, -0.15) is 0 Å². The number of phenolic OH excluding ortho intramolecular Hbond substituents is 1. The van der Waals surface area contributed by atoms with Gasteiger partial charge in [-0.05, 0) is 78.9 Å². The molecule has 1 saturated heterocycles. The van der Waals surface area contributed by atoms with Gasteiger partial charge in [-0.15, -0.1) is 0 Å². The summed E-state index contributed by atoms with van der Waals surface area (Å²) in [5, 5.41) is 40.0. The number of amides is 1. The Bertz CT molecular complexity index is 2830. The van der Waals surface area contributed by atoms with Crippen molar-refractivity contribution in [3.8, 4) is 22.8 Å². The first-order valence-corrected chi connectivity index (χ1v) is 21.9. The van der Waals surface area contributed by atoms with Gasteiger partial charge in [-0.3, -0.25) is 24.5 Å². The van der Waals surface area contributed by atoms with Crippen LogP contribution in [-0.4, -0.2) is 80.4 Å². The second kappa shape index (κ2) is 20.7. The van der Waals surface area contributed by atoms with Crippen LogP contribution in [0, 0.1) is 5.92 Å². The molecule has 8 rings (SSSR count). The number of nitrogens with zero attached hydrogens (tertiary/aromatic N) is 3. The Labute approximate surface area is 381 Å². The Balaban J connectivity index is 0.863. The number of hydrogen-bond donors (Lipinski definition) is 6.